The van der Waals surface area contributed by atoms with E-state index >= 15 is 0 Å². The lowest BCUT2D eigenvalue weighted by Crippen LogP contribution is -2.12. The van der Waals surface area contributed by atoms with Crippen LogP contribution < -0.4 is 5.73 Å². The van der Waals surface area contributed by atoms with E-state index in [1.807, 2.05) is 13.8 Å². The fourth-order valence-corrected chi connectivity index (χ4v) is 1.60. The van der Waals surface area contributed by atoms with Gasteiger partial charge in [0.25, 0.3) is 0 Å². The van der Waals surface area contributed by atoms with Gasteiger partial charge in [-0.2, -0.15) is 0 Å². The van der Waals surface area contributed by atoms with Gasteiger partial charge in [-0.25, -0.2) is 0 Å². The van der Waals surface area contributed by atoms with Crippen LogP contribution in [0.1, 0.15) is 73.1 Å². The van der Waals surface area contributed by atoms with Gasteiger partial charge in [0.15, 0.2) is 0 Å². The van der Waals surface area contributed by atoms with E-state index in [4.69, 9.17) is 10.6 Å². The number of hydrogen-bond donors (Lipinski definition) is 1. The predicted octanol–water partition coefficient (Wildman–Crippen LogP) is 4.40. The molecule has 0 spiro atoms. The summed E-state index contributed by atoms with van der Waals surface area (Å²) in [7, 11) is 0. The number of nitrogens with two attached hydrogens (primary N) is 1. The Hall–Kier alpha value is -1.32. The Morgan fingerprint density at radius 3 is 2.50 bits per heavy atom. The van der Waals surface area contributed by atoms with Crippen molar-refractivity contribution in [2.45, 2.75) is 73.1 Å². The molecule has 0 aliphatic rings. The van der Waals surface area contributed by atoms with Gasteiger partial charge in [0, 0.05) is 12.3 Å². The van der Waals surface area contributed by atoms with Gasteiger partial charge in [0.2, 0.25) is 5.91 Å². The molecule has 0 fully saturated rings. The van der Waals surface area contributed by atoms with E-state index in [9.17, 15) is 4.79 Å². The summed E-state index contributed by atoms with van der Waals surface area (Å²) < 4.78 is 0. The Kier molecular flexibility index (Phi) is 13.3. The van der Waals surface area contributed by atoms with Crippen molar-refractivity contribution in [3.8, 4) is 0 Å². The lowest BCUT2D eigenvalue weighted by Gasteiger charge is -2.11. The quantitative estimate of drug-likeness (QED) is 0.264. The number of carbonyl (C=O) groups excluding carboxylic acids is 1. The zero-order valence-electron chi connectivity index (χ0n) is 12.6. The third kappa shape index (κ3) is 11.8. The number of rotatable bonds is 11. The van der Waals surface area contributed by atoms with Crippen LogP contribution in [0.5, 0.6) is 0 Å². The van der Waals surface area contributed by atoms with E-state index in [2.05, 4.69) is 18.7 Å². The first-order chi connectivity index (χ1) is 8.97. The Morgan fingerprint density at radius 2 is 1.95 bits per heavy atom. The van der Waals surface area contributed by atoms with Gasteiger partial charge in [-0.1, -0.05) is 52.3 Å². The van der Waals surface area contributed by atoms with Crippen molar-refractivity contribution in [3.05, 3.63) is 12.3 Å². The molecule has 0 radical (unpaired) electrons. The highest BCUT2D eigenvalue weighted by molar-refractivity contribution is 5.81. The normalized spacial score (nSPS) is 12.4. The molecule has 0 aromatic rings. The molecule has 0 saturated heterocycles. The Morgan fingerprint density at radius 1 is 1.30 bits per heavy atom. The second-order valence-electron chi connectivity index (χ2n) is 5.10. The molecule has 0 aromatic heterocycles. The zero-order valence-corrected chi connectivity index (χ0v) is 12.6. The third-order valence-corrected chi connectivity index (χ3v) is 3.08. The van der Waals surface area contributed by atoms with Crippen LogP contribution in [0, 0.1) is 5.92 Å². The van der Waals surface area contributed by atoms with Crippen molar-refractivity contribution in [3.63, 3.8) is 0 Å². The molecule has 0 heterocycles. The maximum atomic E-state index is 10.7. The summed E-state index contributed by atoms with van der Waals surface area (Å²) >= 11 is 0. The topological polar surface area (TPSA) is 64.7 Å². The SMILES string of the molecule is C.C=C(O/N=C(\C)CCCCCC)C(C)CCC(N)=O. The maximum Gasteiger partial charge on any atom is 0.217 e. The van der Waals surface area contributed by atoms with Crippen LogP contribution >= 0.6 is 0 Å². The monoisotopic (exact) mass is 284 g/mol. The fraction of sp³-hybridized carbons (Fsp3) is 0.750. The molecular formula is C16H32N2O2. The van der Waals surface area contributed by atoms with Gasteiger partial charge < -0.3 is 10.6 Å². The van der Waals surface area contributed by atoms with E-state index in [-0.39, 0.29) is 19.3 Å². The fourth-order valence-electron chi connectivity index (χ4n) is 1.60. The number of allylic oxidation sites excluding steroid dienone is 1. The predicted molar refractivity (Wildman–Crippen MR) is 86.4 cm³/mol. The van der Waals surface area contributed by atoms with Gasteiger partial charge in [-0.3, -0.25) is 4.79 Å². The van der Waals surface area contributed by atoms with Crippen LogP contribution in [0.15, 0.2) is 17.5 Å². The molecule has 1 amide bonds. The largest absolute Gasteiger partial charge is 0.370 e. The van der Waals surface area contributed by atoms with Crippen LogP contribution in [0.3, 0.4) is 0 Å². The van der Waals surface area contributed by atoms with Gasteiger partial charge in [0.05, 0.1) is 5.71 Å². The number of oxime groups is 1. The van der Waals surface area contributed by atoms with Crippen molar-refractivity contribution in [1.82, 2.24) is 0 Å². The summed E-state index contributed by atoms with van der Waals surface area (Å²) in [6, 6.07) is 0. The lowest BCUT2D eigenvalue weighted by molar-refractivity contribution is -0.118. The number of amides is 1. The first kappa shape index (κ1) is 21.0. The van der Waals surface area contributed by atoms with Crippen molar-refractivity contribution in [2.75, 3.05) is 0 Å². The Labute approximate surface area is 124 Å². The number of unbranched alkanes of at least 4 members (excludes halogenated alkanes) is 3. The van der Waals surface area contributed by atoms with Crippen molar-refractivity contribution < 1.29 is 9.63 Å². The standard InChI is InChI=1S/C15H28N2O2.CH4/c1-5-6-7-8-9-13(3)17-19-14(4)12(2)10-11-15(16)18;/h12H,4-11H2,1-3H3,(H2,16,18);1H4/b17-13+;. The minimum atomic E-state index is -0.296. The highest BCUT2D eigenvalue weighted by Gasteiger charge is 2.10. The van der Waals surface area contributed by atoms with Crippen LogP contribution in [-0.4, -0.2) is 11.6 Å². The molecule has 1 atom stereocenters. The molecule has 0 aromatic carbocycles. The highest BCUT2D eigenvalue weighted by Crippen LogP contribution is 2.16. The average Bonchev–Trinajstić information content (AvgIpc) is 2.38. The molecular weight excluding hydrogens is 252 g/mol. The summed E-state index contributed by atoms with van der Waals surface area (Å²) in [4.78, 5) is 16.0. The number of primary amides is 1. The summed E-state index contributed by atoms with van der Waals surface area (Å²) in [6.07, 6.45) is 6.85. The smallest absolute Gasteiger partial charge is 0.217 e. The molecule has 4 heteroatoms. The number of nitrogens with zero attached hydrogens (tertiary/aromatic N) is 1. The molecule has 0 aliphatic carbocycles. The van der Waals surface area contributed by atoms with Crippen LogP contribution in [0.4, 0.5) is 0 Å². The number of carbonyl (C=O) groups is 1. The summed E-state index contributed by atoms with van der Waals surface area (Å²) in [5.41, 5.74) is 6.09. The van der Waals surface area contributed by atoms with Gasteiger partial charge >= 0.3 is 0 Å². The second-order valence-corrected chi connectivity index (χ2v) is 5.10. The van der Waals surface area contributed by atoms with Crippen LogP contribution in [0.2, 0.25) is 0 Å². The summed E-state index contributed by atoms with van der Waals surface area (Å²) in [5.74, 6) is 0.383. The molecule has 1 unspecified atom stereocenters. The third-order valence-electron chi connectivity index (χ3n) is 3.08. The van der Waals surface area contributed by atoms with E-state index in [0.29, 0.717) is 18.6 Å². The van der Waals surface area contributed by atoms with E-state index in [1.165, 1.54) is 19.3 Å². The Bertz CT molecular complexity index is 312. The van der Waals surface area contributed by atoms with E-state index in [1.54, 1.807) is 0 Å². The first-order valence-electron chi connectivity index (χ1n) is 7.15. The van der Waals surface area contributed by atoms with Gasteiger partial charge in [-0.15, -0.1) is 0 Å². The molecule has 4 nitrogen and oxygen atoms in total. The van der Waals surface area contributed by atoms with Crippen LogP contribution in [0.25, 0.3) is 0 Å². The molecule has 0 rings (SSSR count). The van der Waals surface area contributed by atoms with E-state index < -0.39 is 0 Å². The van der Waals surface area contributed by atoms with Crippen molar-refractivity contribution in [1.29, 1.82) is 0 Å². The van der Waals surface area contributed by atoms with E-state index in [0.717, 1.165) is 18.6 Å². The summed E-state index contributed by atoms with van der Waals surface area (Å²) in [5, 5.41) is 4.07. The zero-order chi connectivity index (χ0) is 14.7. The first-order valence-corrected chi connectivity index (χ1v) is 7.15. The minimum absolute atomic E-state index is 0. The number of hydrogen-bond acceptors (Lipinski definition) is 3. The summed E-state index contributed by atoms with van der Waals surface area (Å²) in [6.45, 7) is 9.95. The van der Waals surface area contributed by atoms with Crippen LogP contribution in [-0.2, 0) is 9.63 Å². The Balaban J connectivity index is 0. The molecule has 0 aliphatic heterocycles. The average molecular weight is 284 g/mol. The van der Waals surface area contributed by atoms with Crippen molar-refractivity contribution in [2.24, 2.45) is 16.8 Å². The molecule has 20 heavy (non-hydrogen) atoms. The van der Waals surface area contributed by atoms with Gasteiger partial charge in [0.1, 0.15) is 5.76 Å². The molecule has 0 bridgehead atoms. The molecule has 2 N–H and O–H groups in total. The lowest BCUT2D eigenvalue weighted by atomic mass is 10.0. The minimum Gasteiger partial charge on any atom is -0.370 e. The maximum absolute atomic E-state index is 10.7. The molecule has 0 saturated carbocycles. The van der Waals surface area contributed by atoms with Crippen molar-refractivity contribution >= 4 is 11.6 Å². The van der Waals surface area contributed by atoms with Gasteiger partial charge in [-0.05, 0) is 26.2 Å². The molecule has 118 valence electrons. The highest BCUT2D eigenvalue weighted by atomic mass is 16.6. The second kappa shape index (κ2) is 12.7.